The molecule has 0 aliphatic carbocycles. The van der Waals surface area contributed by atoms with Crippen LogP contribution in [0.1, 0.15) is 12.8 Å². The molecule has 1 saturated heterocycles. The smallest absolute Gasteiger partial charge is 0.227 e. The molecule has 0 N–H and O–H groups in total. The van der Waals surface area contributed by atoms with Crippen molar-refractivity contribution in [1.29, 1.82) is 0 Å². The Morgan fingerprint density at radius 2 is 2.21 bits per heavy atom. The van der Waals surface area contributed by atoms with Crippen LogP contribution in [0.4, 0.5) is 5.69 Å². The van der Waals surface area contributed by atoms with E-state index >= 15 is 0 Å². The molecule has 0 atom stereocenters. The lowest BCUT2D eigenvalue weighted by Crippen LogP contribution is -2.23. The zero-order valence-electron chi connectivity index (χ0n) is 7.46. The van der Waals surface area contributed by atoms with Gasteiger partial charge in [0.05, 0.1) is 5.02 Å². The summed E-state index contributed by atoms with van der Waals surface area (Å²) in [7, 11) is 0. The molecule has 1 aliphatic heterocycles. The van der Waals surface area contributed by atoms with Crippen molar-refractivity contribution in [1.82, 2.24) is 0 Å². The predicted molar refractivity (Wildman–Crippen MR) is 60.7 cm³/mol. The average molecular weight is 275 g/mol. The molecule has 0 saturated carbocycles. The molecule has 1 aromatic rings. The third kappa shape index (κ3) is 1.79. The summed E-state index contributed by atoms with van der Waals surface area (Å²) < 4.78 is 0.830. The van der Waals surface area contributed by atoms with Gasteiger partial charge in [-0.3, -0.25) is 4.79 Å². The van der Waals surface area contributed by atoms with Crippen LogP contribution < -0.4 is 4.90 Å². The van der Waals surface area contributed by atoms with E-state index < -0.39 is 0 Å². The van der Waals surface area contributed by atoms with Gasteiger partial charge in [0, 0.05) is 23.1 Å². The zero-order valence-corrected chi connectivity index (χ0v) is 9.81. The van der Waals surface area contributed by atoms with E-state index in [2.05, 4.69) is 15.9 Å². The maximum Gasteiger partial charge on any atom is 0.227 e. The first-order valence-corrected chi connectivity index (χ1v) is 5.61. The van der Waals surface area contributed by atoms with Crippen LogP contribution in [0.3, 0.4) is 0 Å². The summed E-state index contributed by atoms with van der Waals surface area (Å²) in [6, 6.07) is 5.55. The molecule has 1 fully saturated rings. The molecule has 0 radical (unpaired) electrons. The van der Waals surface area contributed by atoms with Crippen molar-refractivity contribution >= 4 is 39.1 Å². The van der Waals surface area contributed by atoms with Gasteiger partial charge in [-0.2, -0.15) is 0 Å². The minimum Gasteiger partial charge on any atom is -0.312 e. The number of halogens is 2. The Bertz CT molecular complexity index is 380. The molecule has 74 valence electrons. The first-order valence-electron chi connectivity index (χ1n) is 4.44. The summed E-state index contributed by atoms with van der Waals surface area (Å²) in [5.74, 6) is 0.194. The van der Waals surface area contributed by atoms with E-state index in [0.717, 1.165) is 23.1 Å². The van der Waals surface area contributed by atoms with Gasteiger partial charge in [-0.1, -0.05) is 11.6 Å². The third-order valence-electron chi connectivity index (χ3n) is 2.29. The van der Waals surface area contributed by atoms with Crippen molar-refractivity contribution in [2.24, 2.45) is 0 Å². The summed E-state index contributed by atoms with van der Waals surface area (Å²) in [6.45, 7) is 0.812. The first-order chi connectivity index (χ1) is 6.68. The number of nitrogens with zero attached hydrogens (tertiary/aromatic N) is 1. The standard InChI is InChI=1S/C10H9BrClNO/c11-8-6-7(3-4-9(8)12)13-5-1-2-10(13)14/h3-4,6H,1-2,5H2. The van der Waals surface area contributed by atoms with Gasteiger partial charge in [0.15, 0.2) is 0 Å². The van der Waals surface area contributed by atoms with Crippen LogP contribution >= 0.6 is 27.5 Å². The fourth-order valence-corrected chi connectivity index (χ4v) is 2.06. The van der Waals surface area contributed by atoms with E-state index in [9.17, 15) is 4.79 Å². The highest BCUT2D eigenvalue weighted by atomic mass is 79.9. The van der Waals surface area contributed by atoms with Crippen LogP contribution in [-0.4, -0.2) is 12.5 Å². The number of anilines is 1. The summed E-state index contributed by atoms with van der Waals surface area (Å²) in [5, 5.41) is 0.667. The largest absolute Gasteiger partial charge is 0.312 e. The molecule has 1 aromatic carbocycles. The van der Waals surface area contributed by atoms with Crippen LogP contribution in [0.25, 0.3) is 0 Å². The van der Waals surface area contributed by atoms with E-state index in [-0.39, 0.29) is 5.91 Å². The molecule has 1 aliphatic rings. The second-order valence-corrected chi connectivity index (χ2v) is 4.51. The summed E-state index contributed by atoms with van der Waals surface area (Å²) >= 11 is 9.22. The fourth-order valence-electron chi connectivity index (χ4n) is 1.57. The molecule has 0 aromatic heterocycles. The van der Waals surface area contributed by atoms with Crippen molar-refractivity contribution in [2.75, 3.05) is 11.4 Å². The monoisotopic (exact) mass is 273 g/mol. The van der Waals surface area contributed by atoms with Gasteiger partial charge in [0.2, 0.25) is 5.91 Å². The van der Waals surface area contributed by atoms with E-state index in [0.29, 0.717) is 11.4 Å². The first kappa shape index (κ1) is 9.99. The van der Waals surface area contributed by atoms with Gasteiger partial charge in [0.25, 0.3) is 0 Å². The summed E-state index contributed by atoms with van der Waals surface area (Å²) in [6.07, 6.45) is 1.60. The molecular formula is C10H9BrClNO. The summed E-state index contributed by atoms with van der Waals surface area (Å²) in [5.41, 5.74) is 0.920. The predicted octanol–water partition coefficient (Wildman–Crippen LogP) is 3.23. The van der Waals surface area contributed by atoms with Gasteiger partial charge < -0.3 is 4.90 Å². The highest BCUT2D eigenvalue weighted by Crippen LogP contribution is 2.29. The van der Waals surface area contributed by atoms with Crippen molar-refractivity contribution < 1.29 is 4.79 Å². The van der Waals surface area contributed by atoms with Gasteiger partial charge in [-0.25, -0.2) is 0 Å². The van der Waals surface area contributed by atoms with E-state index in [4.69, 9.17) is 11.6 Å². The number of hydrogen-bond donors (Lipinski definition) is 0. The molecule has 0 bridgehead atoms. The number of carbonyl (C=O) groups is 1. The van der Waals surface area contributed by atoms with Gasteiger partial charge in [-0.05, 0) is 40.5 Å². The van der Waals surface area contributed by atoms with Crippen LogP contribution in [0.2, 0.25) is 5.02 Å². The third-order valence-corrected chi connectivity index (χ3v) is 3.50. The second kappa shape index (κ2) is 3.91. The molecule has 4 heteroatoms. The SMILES string of the molecule is O=C1CCCN1c1ccc(Cl)c(Br)c1. The van der Waals surface area contributed by atoms with Crippen LogP contribution in [0, 0.1) is 0 Å². The van der Waals surface area contributed by atoms with Gasteiger partial charge in [-0.15, -0.1) is 0 Å². The van der Waals surface area contributed by atoms with Crippen molar-refractivity contribution in [2.45, 2.75) is 12.8 Å². The number of hydrogen-bond acceptors (Lipinski definition) is 1. The molecular weight excluding hydrogens is 265 g/mol. The van der Waals surface area contributed by atoms with Crippen LogP contribution in [0.15, 0.2) is 22.7 Å². The normalized spacial score (nSPS) is 16.4. The molecule has 1 amide bonds. The number of carbonyl (C=O) groups excluding carboxylic acids is 1. The van der Waals surface area contributed by atoms with Crippen molar-refractivity contribution in [3.63, 3.8) is 0 Å². The maximum absolute atomic E-state index is 11.4. The Kier molecular flexibility index (Phi) is 2.79. The lowest BCUT2D eigenvalue weighted by atomic mass is 10.3. The van der Waals surface area contributed by atoms with E-state index in [1.54, 1.807) is 11.0 Å². The van der Waals surface area contributed by atoms with E-state index in [1.807, 2.05) is 12.1 Å². The molecule has 2 rings (SSSR count). The minimum atomic E-state index is 0.194. The average Bonchev–Trinajstić information content (AvgIpc) is 2.57. The highest BCUT2D eigenvalue weighted by Gasteiger charge is 2.21. The zero-order chi connectivity index (χ0) is 10.1. The molecule has 2 nitrogen and oxygen atoms in total. The highest BCUT2D eigenvalue weighted by molar-refractivity contribution is 9.10. The Labute approximate surface area is 96.0 Å². The Morgan fingerprint density at radius 1 is 1.43 bits per heavy atom. The maximum atomic E-state index is 11.4. The molecule has 14 heavy (non-hydrogen) atoms. The van der Waals surface area contributed by atoms with Crippen LogP contribution in [0.5, 0.6) is 0 Å². The number of benzene rings is 1. The summed E-state index contributed by atoms with van der Waals surface area (Å²) in [4.78, 5) is 13.2. The Hall–Kier alpha value is -0.540. The fraction of sp³-hybridized carbons (Fsp3) is 0.300. The number of amides is 1. The molecule has 1 heterocycles. The van der Waals surface area contributed by atoms with Crippen molar-refractivity contribution in [3.05, 3.63) is 27.7 Å². The van der Waals surface area contributed by atoms with Crippen LogP contribution in [-0.2, 0) is 4.79 Å². The Balaban J connectivity index is 2.32. The number of rotatable bonds is 1. The van der Waals surface area contributed by atoms with Gasteiger partial charge >= 0.3 is 0 Å². The molecule has 0 spiro atoms. The van der Waals surface area contributed by atoms with Crippen molar-refractivity contribution in [3.8, 4) is 0 Å². The lowest BCUT2D eigenvalue weighted by molar-refractivity contribution is -0.117. The quantitative estimate of drug-likeness (QED) is 0.770. The molecule has 0 unspecified atom stereocenters. The minimum absolute atomic E-state index is 0.194. The van der Waals surface area contributed by atoms with E-state index in [1.165, 1.54) is 0 Å². The lowest BCUT2D eigenvalue weighted by Gasteiger charge is -2.15. The van der Waals surface area contributed by atoms with Gasteiger partial charge in [0.1, 0.15) is 0 Å². The topological polar surface area (TPSA) is 20.3 Å². The second-order valence-electron chi connectivity index (χ2n) is 3.25. The Morgan fingerprint density at radius 3 is 2.79 bits per heavy atom.